The van der Waals surface area contributed by atoms with Crippen LogP contribution in [0.2, 0.25) is 0 Å². The Labute approximate surface area is 112 Å². The molecule has 0 fully saturated rings. The molecular weight excluding hydrogens is 246 g/mol. The number of aromatic hydroxyl groups is 1. The van der Waals surface area contributed by atoms with E-state index < -0.39 is 23.2 Å². The summed E-state index contributed by atoms with van der Waals surface area (Å²) in [4.78, 5) is 10.8. The van der Waals surface area contributed by atoms with Gasteiger partial charge in [-0.2, -0.15) is 0 Å². The Kier molecular flexibility index (Phi) is 4.10. The summed E-state index contributed by atoms with van der Waals surface area (Å²) >= 11 is 0. The number of hydrogen-bond donors (Lipinski definition) is 4. The van der Waals surface area contributed by atoms with Gasteiger partial charge in [-0.3, -0.25) is 0 Å². The van der Waals surface area contributed by atoms with Crippen molar-refractivity contribution >= 4 is 6.09 Å². The lowest BCUT2D eigenvalue weighted by Gasteiger charge is -2.45. The first-order chi connectivity index (χ1) is 8.59. The van der Waals surface area contributed by atoms with Crippen molar-refractivity contribution in [2.75, 3.05) is 0 Å². The molecule has 1 aromatic rings. The molecule has 2 unspecified atom stereocenters. The number of phenols is 1. The molecule has 19 heavy (non-hydrogen) atoms. The number of phenolic OH excluding ortho intramolecular Hbond substituents is 1. The van der Waals surface area contributed by atoms with Crippen LogP contribution in [0.25, 0.3) is 0 Å². The maximum atomic E-state index is 11.0. The van der Waals surface area contributed by atoms with Gasteiger partial charge in [-0.05, 0) is 30.0 Å². The summed E-state index contributed by atoms with van der Waals surface area (Å²) in [5.74, 6) is 0.0962. The van der Waals surface area contributed by atoms with Crippen LogP contribution in [0, 0.1) is 5.41 Å². The molecule has 1 rings (SSSR count). The Morgan fingerprint density at radius 3 is 2.05 bits per heavy atom. The summed E-state index contributed by atoms with van der Waals surface area (Å²) in [7, 11) is 0. The van der Waals surface area contributed by atoms with E-state index >= 15 is 0 Å². The maximum Gasteiger partial charge on any atom is 0.404 e. The highest BCUT2D eigenvalue weighted by atomic mass is 16.4. The van der Waals surface area contributed by atoms with E-state index in [9.17, 15) is 15.0 Å². The predicted octanol–water partition coefficient (Wildman–Crippen LogP) is 2.28. The SMILES string of the molecule is CC(NC(=O)O)C(O)(c1ccc(O)cc1)C(C)(C)C. The monoisotopic (exact) mass is 267 g/mol. The molecule has 0 saturated carbocycles. The minimum atomic E-state index is -1.39. The Morgan fingerprint density at radius 1 is 1.21 bits per heavy atom. The van der Waals surface area contributed by atoms with Gasteiger partial charge >= 0.3 is 6.09 Å². The van der Waals surface area contributed by atoms with E-state index in [2.05, 4.69) is 5.32 Å². The topological polar surface area (TPSA) is 89.8 Å². The molecule has 1 aromatic carbocycles. The van der Waals surface area contributed by atoms with Gasteiger partial charge < -0.3 is 20.6 Å². The van der Waals surface area contributed by atoms with Crippen LogP contribution in [0.1, 0.15) is 33.3 Å². The van der Waals surface area contributed by atoms with E-state index in [0.717, 1.165) is 0 Å². The first-order valence-corrected chi connectivity index (χ1v) is 6.10. The second-order valence-corrected chi connectivity index (χ2v) is 5.73. The summed E-state index contributed by atoms with van der Waals surface area (Å²) in [5.41, 5.74) is -1.43. The fourth-order valence-electron chi connectivity index (χ4n) is 2.34. The van der Waals surface area contributed by atoms with Gasteiger partial charge in [0.15, 0.2) is 0 Å². The third-order valence-electron chi connectivity index (χ3n) is 3.42. The molecular formula is C14H21NO4. The molecule has 0 saturated heterocycles. The van der Waals surface area contributed by atoms with Crippen LogP contribution < -0.4 is 5.32 Å². The molecule has 0 aromatic heterocycles. The van der Waals surface area contributed by atoms with Crippen LogP contribution in [-0.2, 0) is 5.60 Å². The van der Waals surface area contributed by atoms with Crippen LogP contribution in [0.15, 0.2) is 24.3 Å². The van der Waals surface area contributed by atoms with Crippen molar-refractivity contribution in [1.82, 2.24) is 5.32 Å². The van der Waals surface area contributed by atoms with Crippen molar-refractivity contribution in [3.05, 3.63) is 29.8 Å². The lowest BCUT2D eigenvalue weighted by Crippen LogP contribution is -2.55. The first-order valence-electron chi connectivity index (χ1n) is 6.10. The van der Waals surface area contributed by atoms with E-state index in [0.29, 0.717) is 5.56 Å². The number of carboxylic acid groups (broad SMARTS) is 1. The van der Waals surface area contributed by atoms with Crippen LogP contribution in [0.4, 0.5) is 4.79 Å². The van der Waals surface area contributed by atoms with Gasteiger partial charge in [-0.1, -0.05) is 32.9 Å². The molecule has 106 valence electrons. The molecule has 0 radical (unpaired) electrons. The Balaban J connectivity index is 3.28. The highest BCUT2D eigenvalue weighted by molar-refractivity contribution is 5.65. The van der Waals surface area contributed by atoms with Crippen molar-refractivity contribution in [2.45, 2.75) is 39.3 Å². The van der Waals surface area contributed by atoms with Gasteiger partial charge in [-0.25, -0.2) is 4.79 Å². The number of amides is 1. The third-order valence-corrected chi connectivity index (χ3v) is 3.42. The van der Waals surface area contributed by atoms with Gasteiger partial charge in [-0.15, -0.1) is 0 Å². The predicted molar refractivity (Wildman–Crippen MR) is 72.1 cm³/mol. The summed E-state index contributed by atoms with van der Waals surface area (Å²) in [6.45, 7) is 7.12. The zero-order valence-corrected chi connectivity index (χ0v) is 11.6. The van der Waals surface area contributed by atoms with E-state index in [1.807, 2.05) is 20.8 Å². The minimum absolute atomic E-state index is 0.0962. The fourth-order valence-corrected chi connectivity index (χ4v) is 2.34. The Bertz CT molecular complexity index is 450. The van der Waals surface area contributed by atoms with Crippen molar-refractivity contribution in [3.63, 3.8) is 0 Å². The normalized spacial score (nSPS) is 16.5. The van der Waals surface area contributed by atoms with Crippen molar-refractivity contribution < 1.29 is 20.1 Å². The average Bonchev–Trinajstić information content (AvgIpc) is 2.26. The Hall–Kier alpha value is -1.75. The molecule has 0 heterocycles. The number of aliphatic hydroxyl groups is 1. The number of hydrogen-bond acceptors (Lipinski definition) is 3. The second kappa shape index (κ2) is 5.09. The van der Waals surface area contributed by atoms with Gasteiger partial charge in [0, 0.05) is 0 Å². The zero-order valence-electron chi connectivity index (χ0n) is 11.6. The smallest absolute Gasteiger partial charge is 0.404 e. The molecule has 1 amide bonds. The summed E-state index contributed by atoms with van der Waals surface area (Å²) in [6.07, 6.45) is -1.19. The Morgan fingerprint density at radius 2 is 1.68 bits per heavy atom. The van der Waals surface area contributed by atoms with E-state index in [-0.39, 0.29) is 5.75 Å². The van der Waals surface area contributed by atoms with Gasteiger partial charge in [0.2, 0.25) is 0 Å². The number of benzene rings is 1. The summed E-state index contributed by atoms with van der Waals surface area (Å²) in [6, 6.07) is 5.44. The van der Waals surface area contributed by atoms with Crippen LogP contribution in [-0.4, -0.2) is 27.5 Å². The molecule has 0 spiro atoms. The highest BCUT2D eigenvalue weighted by Crippen LogP contribution is 2.42. The third kappa shape index (κ3) is 2.98. The molecule has 5 heteroatoms. The van der Waals surface area contributed by atoms with Gasteiger partial charge in [0.05, 0.1) is 6.04 Å². The molecule has 0 aliphatic carbocycles. The molecule has 0 aliphatic rings. The van der Waals surface area contributed by atoms with Crippen molar-refractivity contribution in [2.24, 2.45) is 5.41 Å². The molecule has 0 aliphatic heterocycles. The number of rotatable bonds is 3. The van der Waals surface area contributed by atoms with Crippen LogP contribution in [0.3, 0.4) is 0 Å². The molecule has 2 atom stereocenters. The zero-order chi connectivity index (χ0) is 14.8. The fraction of sp³-hybridized carbons (Fsp3) is 0.500. The van der Waals surface area contributed by atoms with Crippen molar-refractivity contribution in [3.8, 4) is 5.75 Å². The number of carbonyl (C=O) groups is 1. The molecule has 4 N–H and O–H groups in total. The maximum absolute atomic E-state index is 11.0. The first kappa shape index (κ1) is 15.3. The van der Waals surface area contributed by atoms with Gasteiger partial charge in [0.1, 0.15) is 11.4 Å². The number of nitrogens with one attached hydrogen (secondary N) is 1. The van der Waals surface area contributed by atoms with Crippen molar-refractivity contribution in [1.29, 1.82) is 0 Å². The second-order valence-electron chi connectivity index (χ2n) is 5.73. The quantitative estimate of drug-likeness (QED) is 0.676. The largest absolute Gasteiger partial charge is 0.508 e. The summed E-state index contributed by atoms with van der Waals surface area (Å²) in [5, 5.41) is 31.5. The van der Waals surface area contributed by atoms with E-state index in [4.69, 9.17) is 5.11 Å². The van der Waals surface area contributed by atoms with Crippen LogP contribution in [0.5, 0.6) is 5.75 Å². The molecule has 0 bridgehead atoms. The lowest BCUT2D eigenvalue weighted by molar-refractivity contribution is -0.0879. The summed E-state index contributed by atoms with van der Waals surface area (Å²) < 4.78 is 0. The van der Waals surface area contributed by atoms with E-state index in [1.165, 1.54) is 12.1 Å². The van der Waals surface area contributed by atoms with Crippen LogP contribution >= 0.6 is 0 Å². The van der Waals surface area contributed by atoms with E-state index in [1.54, 1.807) is 19.1 Å². The molecule has 5 nitrogen and oxygen atoms in total. The highest BCUT2D eigenvalue weighted by Gasteiger charge is 2.46. The average molecular weight is 267 g/mol. The lowest BCUT2D eigenvalue weighted by atomic mass is 9.68. The minimum Gasteiger partial charge on any atom is -0.508 e. The van der Waals surface area contributed by atoms with Gasteiger partial charge in [0.25, 0.3) is 0 Å². The standard InChI is InChI=1S/C14H21NO4/c1-9(15-12(17)18)14(19,13(2,3)4)10-5-7-11(16)8-6-10/h5-9,15-16,19H,1-4H3,(H,17,18).